The average Bonchev–Trinajstić information content (AvgIpc) is 3.40. The molecule has 8 nitrogen and oxygen atoms in total. The monoisotopic (exact) mass is 642 g/mol. The molecular weight excluding hydrogens is 616 g/mol. The van der Waals surface area contributed by atoms with Crippen molar-refractivity contribution < 1.29 is 45.4 Å². The minimum Gasteiger partial charge on any atom is -0.492 e. The number of benzene rings is 4. The second-order valence-electron chi connectivity index (χ2n) is 10.2. The van der Waals surface area contributed by atoms with E-state index in [0.29, 0.717) is 28.6 Å². The van der Waals surface area contributed by atoms with Crippen LogP contribution >= 0.6 is 0 Å². The molecule has 0 saturated carbocycles. The Kier molecular flexibility index (Phi) is 8.82. The van der Waals surface area contributed by atoms with Crippen LogP contribution in [0, 0.1) is 5.82 Å². The number of aliphatic carboxylic acids is 1. The summed E-state index contributed by atoms with van der Waals surface area (Å²) >= 11 is 0. The molecule has 13 heteroatoms. The van der Waals surface area contributed by atoms with Crippen molar-refractivity contribution in [2.75, 3.05) is 17.5 Å². The van der Waals surface area contributed by atoms with Crippen molar-refractivity contribution in [3.05, 3.63) is 114 Å². The van der Waals surface area contributed by atoms with E-state index in [-0.39, 0.29) is 42.0 Å². The van der Waals surface area contributed by atoms with Gasteiger partial charge in [0, 0.05) is 6.42 Å². The number of amides is 1. The van der Waals surface area contributed by atoms with Crippen LogP contribution in [-0.2, 0) is 38.6 Å². The number of sulfonamides is 1. The summed E-state index contributed by atoms with van der Waals surface area (Å²) in [7, 11) is -4.36. The van der Waals surface area contributed by atoms with Gasteiger partial charge >= 0.3 is 12.1 Å². The summed E-state index contributed by atoms with van der Waals surface area (Å²) in [4.78, 5) is 23.9. The van der Waals surface area contributed by atoms with Gasteiger partial charge in [0.15, 0.2) is 0 Å². The third-order valence-corrected chi connectivity index (χ3v) is 9.02. The maximum absolute atomic E-state index is 13.9. The van der Waals surface area contributed by atoms with Crippen molar-refractivity contribution in [2.45, 2.75) is 30.0 Å². The number of para-hydroxylation sites is 1. The van der Waals surface area contributed by atoms with Crippen LogP contribution in [0.2, 0.25) is 0 Å². The van der Waals surface area contributed by atoms with Gasteiger partial charge in [0.25, 0.3) is 10.0 Å². The van der Waals surface area contributed by atoms with Gasteiger partial charge < -0.3 is 15.2 Å². The lowest BCUT2D eigenvalue weighted by Gasteiger charge is -2.26. The lowest BCUT2D eigenvalue weighted by Crippen LogP contribution is -2.48. The third kappa shape index (κ3) is 6.93. The molecule has 0 aromatic heterocycles. The van der Waals surface area contributed by atoms with Crippen LogP contribution in [-0.4, -0.2) is 44.6 Å². The van der Waals surface area contributed by atoms with E-state index in [4.69, 9.17) is 9.84 Å². The molecule has 4 aromatic rings. The normalized spacial score (nSPS) is 14.6. The standard InChI is InChI=1S/C32H26F4N2O6S/c33-23-9-14-26(27(19-23)32(34,35)36)21-7-12-25(13-8-21)45(42,43)38-28-4-2-1-3-22(28)18-29(38)31(41)37-15-16-44-24-10-5-20(6-11-24)17-30(39)40/h1-14,19,29H,15-18H2,(H,37,41)(H,39,40)/t29-/m0/s1. The molecule has 0 saturated heterocycles. The number of nitrogens with zero attached hydrogens (tertiary/aromatic N) is 1. The van der Waals surface area contributed by atoms with E-state index < -0.39 is 45.5 Å². The first-order valence-corrected chi connectivity index (χ1v) is 15.1. The summed E-state index contributed by atoms with van der Waals surface area (Å²) in [5.74, 6) is -2.13. The molecule has 1 atom stereocenters. The Morgan fingerprint density at radius 1 is 0.956 bits per heavy atom. The van der Waals surface area contributed by atoms with Crippen molar-refractivity contribution in [3.63, 3.8) is 0 Å². The topological polar surface area (TPSA) is 113 Å². The first-order chi connectivity index (χ1) is 21.3. The molecule has 1 aliphatic rings. The van der Waals surface area contributed by atoms with Gasteiger partial charge in [-0.3, -0.25) is 13.9 Å². The lowest BCUT2D eigenvalue weighted by atomic mass is 9.99. The molecule has 5 rings (SSSR count). The van der Waals surface area contributed by atoms with Crippen molar-refractivity contribution in [2.24, 2.45) is 0 Å². The second-order valence-corrected chi connectivity index (χ2v) is 12.0. The van der Waals surface area contributed by atoms with Crippen LogP contribution in [0.1, 0.15) is 16.7 Å². The fraction of sp³-hybridized carbons (Fsp3) is 0.188. The number of rotatable bonds is 10. The highest BCUT2D eigenvalue weighted by molar-refractivity contribution is 7.93. The van der Waals surface area contributed by atoms with E-state index in [1.807, 2.05) is 0 Å². The SMILES string of the molecule is O=C(O)Cc1ccc(OCCNC(=O)[C@@H]2Cc3ccccc3N2S(=O)(=O)c2ccc(-c3ccc(F)cc3C(F)(F)F)cc2)cc1. The summed E-state index contributed by atoms with van der Waals surface area (Å²) in [6, 6.07) is 18.9. The molecule has 0 bridgehead atoms. The Bertz CT molecular complexity index is 1830. The van der Waals surface area contributed by atoms with Crippen LogP contribution in [0.25, 0.3) is 11.1 Å². The number of carboxylic acids is 1. The largest absolute Gasteiger partial charge is 0.492 e. The molecule has 1 heterocycles. The van der Waals surface area contributed by atoms with Crippen LogP contribution in [0.15, 0.2) is 95.9 Å². The molecule has 45 heavy (non-hydrogen) atoms. The third-order valence-electron chi connectivity index (χ3n) is 7.19. The zero-order chi connectivity index (χ0) is 32.4. The molecule has 0 aliphatic carbocycles. The number of nitrogens with one attached hydrogen (secondary N) is 1. The number of carbonyl (C=O) groups excluding carboxylic acids is 1. The predicted molar refractivity (Wildman–Crippen MR) is 157 cm³/mol. The van der Waals surface area contributed by atoms with Crippen LogP contribution in [0.3, 0.4) is 0 Å². The number of halogens is 4. The first-order valence-electron chi connectivity index (χ1n) is 13.7. The van der Waals surface area contributed by atoms with Gasteiger partial charge in [0.2, 0.25) is 5.91 Å². The predicted octanol–water partition coefficient (Wildman–Crippen LogP) is 5.45. The number of carbonyl (C=O) groups is 2. The Hall–Kier alpha value is -4.91. The van der Waals surface area contributed by atoms with Gasteiger partial charge in [-0.2, -0.15) is 13.2 Å². The maximum atomic E-state index is 13.9. The minimum atomic E-state index is -4.83. The van der Waals surface area contributed by atoms with E-state index in [2.05, 4.69) is 5.32 Å². The molecule has 234 valence electrons. The highest BCUT2D eigenvalue weighted by Gasteiger charge is 2.42. The molecule has 2 N–H and O–H groups in total. The Labute approximate surface area is 255 Å². The fourth-order valence-electron chi connectivity index (χ4n) is 5.12. The molecule has 1 amide bonds. The van der Waals surface area contributed by atoms with Gasteiger partial charge in [-0.05, 0) is 64.7 Å². The zero-order valence-electron chi connectivity index (χ0n) is 23.4. The van der Waals surface area contributed by atoms with Crippen molar-refractivity contribution in [3.8, 4) is 16.9 Å². The van der Waals surface area contributed by atoms with Gasteiger partial charge in [-0.1, -0.05) is 48.5 Å². The van der Waals surface area contributed by atoms with Crippen molar-refractivity contribution in [1.82, 2.24) is 5.32 Å². The Morgan fingerprint density at radius 3 is 2.31 bits per heavy atom. The number of carboxylic acid groups (broad SMARTS) is 1. The van der Waals surface area contributed by atoms with Crippen molar-refractivity contribution in [1.29, 1.82) is 0 Å². The molecule has 0 unspecified atom stereocenters. The van der Waals surface area contributed by atoms with Gasteiger partial charge in [-0.25, -0.2) is 12.8 Å². The Morgan fingerprint density at radius 2 is 1.64 bits per heavy atom. The number of anilines is 1. The fourth-order valence-corrected chi connectivity index (χ4v) is 6.77. The number of hydrogen-bond acceptors (Lipinski definition) is 5. The van der Waals surface area contributed by atoms with Crippen molar-refractivity contribution >= 4 is 27.6 Å². The minimum absolute atomic E-state index is 0.0360. The molecule has 4 aromatic carbocycles. The molecule has 0 spiro atoms. The zero-order valence-corrected chi connectivity index (χ0v) is 24.2. The van der Waals surface area contributed by atoms with Gasteiger partial charge in [-0.15, -0.1) is 0 Å². The number of ether oxygens (including phenoxy) is 1. The second kappa shape index (κ2) is 12.6. The summed E-state index contributed by atoms with van der Waals surface area (Å²) in [5, 5.41) is 11.6. The smallest absolute Gasteiger partial charge is 0.417 e. The number of fused-ring (bicyclic) bond motifs is 1. The summed E-state index contributed by atoms with van der Waals surface area (Å²) in [5.41, 5.74) is 0.0573. The quantitative estimate of drug-likeness (QED) is 0.176. The maximum Gasteiger partial charge on any atom is 0.417 e. The molecular formula is C32H26F4N2O6S. The number of alkyl halides is 3. The average molecular weight is 643 g/mol. The van der Waals surface area contributed by atoms with Crippen LogP contribution in [0.4, 0.5) is 23.2 Å². The summed E-state index contributed by atoms with van der Waals surface area (Å²) in [6.07, 6.45) is -4.87. The summed E-state index contributed by atoms with van der Waals surface area (Å²) < 4.78 is 88.7. The molecule has 0 radical (unpaired) electrons. The van der Waals surface area contributed by atoms with Crippen LogP contribution < -0.4 is 14.4 Å². The van der Waals surface area contributed by atoms with E-state index in [1.54, 1.807) is 48.5 Å². The number of hydrogen-bond donors (Lipinski definition) is 2. The van der Waals surface area contributed by atoms with Gasteiger partial charge in [0.05, 0.1) is 29.1 Å². The highest BCUT2D eigenvalue weighted by Crippen LogP contribution is 2.39. The van der Waals surface area contributed by atoms with E-state index >= 15 is 0 Å². The Balaban J connectivity index is 1.32. The van der Waals surface area contributed by atoms with E-state index in [0.717, 1.165) is 28.6 Å². The van der Waals surface area contributed by atoms with Gasteiger partial charge in [0.1, 0.15) is 24.2 Å². The first kappa shape index (κ1) is 31.5. The molecule has 0 fully saturated rings. The molecule has 1 aliphatic heterocycles. The highest BCUT2D eigenvalue weighted by atomic mass is 32.2. The van der Waals surface area contributed by atoms with E-state index in [1.165, 1.54) is 12.1 Å². The lowest BCUT2D eigenvalue weighted by molar-refractivity contribution is -0.137. The summed E-state index contributed by atoms with van der Waals surface area (Å²) in [6.45, 7) is 0.103. The van der Waals surface area contributed by atoms with E-state index in [9.17, 15) is 35.6 Å². The van der Waals surface area contributed by atoms with Crippen LogP contribution in [0.5, 0.6) is 5.75 Å².